The second-order valence-corrected chi connectivity index (χ2v) is 11.0. The summed E-state index contributed by atoms with van der Waals surface area (Å²) in [5.74, 6) is -8.82. The number of halogens is 3. The molecule has 0 saturated heterocycles. The maximum absolute atomic E-state index is 14.6. The SMILES string of the molecule is CCN(CCOC(C)C)Cc1cc(O)c2c(c1C(F)(F)F)CC1C[C@H]3CC(=O)C(C(N)=O)=C(O)[C@@]3(O)C(=O)C1=C2O. The van der Waals surface area contributed by atoms with Crippen LogP contribution < -0.4 is 5.73 Å². The van der Waals surface area contributed by atoms with Crippen LogP contribution in [0, 0.1) is 11.8 Å². The lowest BCUT2D eigenvalue weighted by molar-refractivity contribution is -0.147. The van der Waals surface area contributed by atoms with E-state index in [1.54, 1.807) is 11.8 Å². The molecule has 0 bridgehead atoms. The second-order valence-electron chi connectivity index (χ2n) is 11.0. The average molecular weight is 583 g/mol. The number of aromatic hydroxyl groups is 1. The molecule has 10 nitrogen and oxygen atoms in total. The number of likely N-dealkylation sites (N-methyl/N-ethyl adjacent to an activating group) is 1. The maximum atomic E-state index is 14.6. The molecule has 3 aliphatic carbocycles. The van der Waals surface area contributed by atoms with Gasteiger partial charge in [-0.15, -0.1) is 0 Å². The molecule has 0 aliphatic heterocycles. The van der Waals surface area contributed by atoms with Crippen LogP contribution >= 0.6 is 0 Å². The van der Waals surface area contributed by atoms with Crippen molar-refractivity contribution < 1.29 is 52.7 Å². The Bertz CT molecular complexity index is 1370. The van der Waals surface area contributed by atoms with Crippen molar-refractivity contribution in [1.29, 1.82) is 0 Å². The Kier molecular flexibility index (Phi) is 8.02. The van der Waals surface area contributed by atoms with Crippen LogP contribution in [0.1, 0.15) is 55.9 Å². The first-order valence-electron chi connectivity index (χ1n) is 13.3. The van der Waals surface area contributed by atoms with Crippen molar-refractivity contribution in [2.45, 2.75) is 64.5 Å². The van der Waals surface area contributed by atoms with Crippen molar-refractivity contribution in [3.8, 4) is 5.75 Å². The van der Waals surface area contributed by atoms with Crippen LogP contribution in [0.3, 0.4) is 0 Å². The summed E-state index contributed by atoms with van der Waals surface area (Å²) in [7, 11) is 0. The topological polar surface area (TPSA) is 171 Å². The Morgan fingerprint density at radius 2 is 1.88 bits per heavy atom. The lowest BCUT2D eigenvalue weighted by Crippen LogP contribution is -2.58. The predicted octanol–water partition coefficient (Wildman–Crippen LogP) is 2.69. The standard InChI is InChI=1S/C28H33F3N2O8/c1-4-33(5-6-41-12(2)3)11-14-9-17(34)20-16(22(14)28(29,30)31)8-13-7-15-10-18(35)21(26(32)39)25(38)27(15,40)24(37)19(13)23(20)36/h9,12-13,15,34,36,38,40H,4-8,10-11H2,1-3H3,(H2,32,39)/t13?,15-,27-/m0/s1. The molecule has 1 unspecified atom stereocenters. The van der Waals surface area contributed by atoms with Crippen molar-refractivity contribution in [1.82, 2.24) is 4.90 Å². The Balaban J connectivity index is 1.84. The minimum Gasteiger partial charge on any atom is -0.508 e. The third-order valence-corrected chi connectivity index (χ3v) is 8.13. The number of phenolic OH excluding ortho intramolecular Hbond substituents is 1. The third-order valence-electron chi connectivity index (χ3n) is 8.13. The molecule has 1 saturated carbocycles. The Hall–Kier alpha value is -3.42. The smallest absolute Gasteiger partial charge is 0.417 e. The first-order valence-corrected chi connectivity index (χ1v) is 13.3. The van der Waals surface area contributed by atoms with Crippen LogP contribution in [0.5, 0.6) is 5.75 Å². The number of hydrogen-bond acceptors (Lipinski definition) is 9. The van der Waals surface area contributed by atoms with Crippen LogP contribution in [0.2, 0.25) is 0 Å². The number of Topliss-reactive ketones (excluding diaryl/α,β-unsaturated/α-hetero) is 2. The Morgan fingerprint density at radius 3 is 2.44 bits per heavy atom. The van der Waals surface area contributed by atoms with E-state index < -0.39 is 99.0 Å². The van der Waals surface area contributed by atoms with Crippen molar-refractivity contribution >= 4 is 23.2 Å². The molecule has 0 aromatic heterocycles. The van der Waals surface area contributed by atoms with E-state index in [2.05, 4.69) is 0 Å². The summed E-state index contributed by atoms with van der Waals surface area (Å²) >= 11 is 0. The van der Waals surface area contributed by atoms with E-state index in [4.69, 9.17) is 10.5 Å². The molecule has 41 heavy (non-hydrogen) atoms. The molecular formula is C28H33F3N2O8. The summed E-state index contributed by atoms with van der Waals surface area (Å²) in [6.07, 6.45) is -6.22. The molecule has 13 heteroatoms. The highest BCUT2D eigenvalue weighted by Crippen LogP contribution is 2.54. The minimum atomic E-state index is -4.89. The number of alkyl halides is 3. The van der Waals surface area contributed by atoms with Gasteiger partial charge in [-0.1, -0.05) is 6.92 Å². The van der Waals surface area contributed by atoms with Crippen molar-refractivity contribution in [3.05, 3.63) is 45.2 Å². The summed E-state index contributed by atoms with van der Waals surface area (Å²) in [5, 5.41) is 43.9. The number of aliphatic hydroxyl groups is 3. The van der Waals surface area contributed by atoms with Crippen LogP contribution in [0.25, 0.3) is 5.76 Å². The van der Waals surface area contributed by atoms with Crippen molar-refractivity contribution in [2.24, 2.45) is 17.6 Å². The van der Waals surface area contributed by atoms with Crippen LogP contribution in [0.4, 0.5) is 13.2 Å². The summed E-state index contributed by atoms with van der Waals surface area (Å²) in [6.45, 7) is 6.26. The summed E-state index contributed by atoms with van der Waals surface area (Å²) in [4.78, 5) is 39.5. The molecule has 6 N–H and O–H groups in total. The molecule has 0 heterocycles. The number of amides is 1. The van der Waals surface area contributed by atoms with E-state index in [1.165, 1.54) is 0 Å². The number of primary amides is 1. The molecule has 3 aliphatic rings. The molecule has 0 radical (unpaired) electrons. The number of nitrogens with zero attached hydrogens (tertiary/aromatic N) is 1. The number of phenols is 1. The molecule has 1 fully saturated rings. The van der Waals surface area contributed by atoms with E-state index in [-0.39, 0.29) is 31.2 Å². The molecule has 4 rings (SSSR count). The molecule has 1 amide bonds. The van der Waals surface area contributed by atoms with E-state index >= 15 is 0 Å². The quantitative estimate of drug-likeness (QED) is 0.289. The van der Waals surface area contributed by atoms with Crippen LogP contribution in [-0.4, -0.2) is 74.2 Å². The largest absolute Gasteiger partial charge is 0.508 e. The second kappa shape index (κ2) is 10.8. The first-order chi connectivity index (χ1) is 19.0. The van der Waals surface area contributed by atoms with E-state index in [1.807, 2.05) is 13.8 Å². The zero-order valence-corrected chi connectivity index (χ0v) is 22.8. The van der Waals surface area contributed by atoms with Gasteiger partial charge in [0.25, 0.3) is 5.91 Å². The van der Waals surface area contributed by atoms with E-state index in [0.29, 0.717) is 13.1 Å². The highest BCUT2D eigenvalue weighted by molar-refractivity contribution is 6.22. The number of carbonyl (C=O) groups is 3. The van der Waals surface area contributed by atoms with Crippen molar-refractivity contribution in [3.63, 3.8) is 0 Å². The lowest BCUT2D eigenvalue weighted by atomic mass is 9.59. The fourth-order valence-corrected chi connectivity index (χ4v) is 6.25. The normalized spacial score (nSPS) is 24.6. The van der Waals surface area contributed by atoms with Gasteiger partial charge in [-0.05, 0) is 56.3 Å². The molecule has 224 valence electrons. The number of nitrogens with two attached hydrogens (primary N) is 1. The number of fused-ring (bicyclic) bond motifs is 3. The number of hydrogen-bond donors (Lipinski definition) is 5. The Morgan fingerprint density at radius 1 is 1.22 bits per heavy atom. The zero-order valence-electron chi connectivity index (χ0n) is 22.8. The minimum absolute atomic E-state index is 0.0636. The van der Waals surface area contributed by atoms with Crippen molar-refractivity contribution in [2.75, 3.05) is 19.7 Å². The van der Waals surface area contributed by atoms with Gasteiger partial charge in [0.2, 0.25) is 5.78 Å². The lowest BCUT2D eigenvalue weighted by Gasteiger charge is -2.46. The Labute approximate surface area is 233 Å². The molecule has 1 aromatic rings. The monoisotopic (exact) mass is 582 g/mol. The highest BCUT2D eigenvalue weighted by Gasteiger charge is 2.60. The zero-order chi connectivity index (χ0) is 30.6. The van der Waals surface area contributed by atoms with Crippen LogP contribution in [-0.2, 0) is 38.3 Å². The third kappa shape index (κ3) is 5.10. The highest BCUT2D eigenvalue weighted by atomic mass is 19.4. The van der Waals surface area contributed by atoms with Gasteiger partial charge < -0.3 is 30.9 Å². The predicted molar refractivity (Wildman–Crippen MR) is 138 cm³/mol. The molecule has 0 spiro atoms. The number of ether oxygens (including phenoxy) is 1. The number of carbonyl (C=O) groups excluding carboxylic acids is 3. The first kappa shape index (κ1) is 30.5. The number of ketones is 2. The van der Waals surface area contributed by atoms with E-state index in [9.17, 15) is 48.0 Å². The van der Waals surface area contributed by atoms with Crippen LogP contribution in [0.15, 0.2) is 23.0 Å². The summed E-state index contributed by atoms with van der Waals surface area (Å²) < 4.78 is 49.3. The van der Waals surface area contributed by atoms with Gasteiger partial charge in [-0.25, -0.2) is 0 Å². The van der Waals surface area contributed by atoms with E-state index in [0.717, 1.165) is 6.07 Å². The molecule has 3 atom stereocenters. The fourth-order valence-electron chi connectivity index (χ4n) is 6.25. The van der Waals surface area contributed by atoms with Gasteiger partial charge in [0.1, 0.15) is 22.8 Å². The number of aliphatic hydroxyl groups excluding tert-OH is 2. The van der Waals surface area contributed by atoms with Gasteiger partial charge in [0, 0.05) is 31.0 Å². The number of rotatable bonds is 8. The van der Waals surface area contributed by atoms with Gasteiger partial charge in [0.15, 0.2) is 11.4 Å². The maximum Gasteiger partial charge on any atom is 0.417 e. The summed E-state index contributed by atoms with van der Waals surface area (Å²) in [6, 6.07) is 0.900. The fraction of sp³-hybridized carbons (Fsp3) is 0.536. The van der Waals surface area contributed by atoms with Gasteiger partial charge in [-0.2, -0.15) is 13.2 Å². The van der Waals surface area contributed by atoms with Gasteiger partial charge in [-0.3, -0.25) is 19.3 Å². The summed E-state index contributed by atoms with van der Waals surface area (Å²) in [5.41, 5.74) is -1.37. The number of benzene rings is 1. The average Bonchev–Trinajstić information content (AvgIpc) is 2.84. The van der Waals surface area contributed by atoms with Gasteiger partial charge in [0.05, 0.1) is 23.8 Å². The molecule has 1 aromatic carbocycles. The van der Waals surface area contributed by atoms with Gasteiger partial charge >= 0.3 is 6.18 Å². The molecular weight excluding hydrogens is 549 g/mol.